The lowest BCUT2D eigenvalue weighted by molar-refractivity contribution is 0.0984. The van der Waals surface area contributed by atoms with Gasteiger partial charge in [-0.2, -0.15) is 0 Å². The average Bonchev–Trinajstić information content (AvgIpc) is 2.54. The smallest absolute Gasteiger partial charge is 0.00288 e. The molecule has 0 aromatic heterocycles. The summed E-state index contributed by atoms with van der Waals surface area (Å²) in [6.07, 6.45) is 7.12. The van der Waals surface area contributed by atoms with E-state index in [4.69, 9.17) is 0 Å². The zero-order chi connectivity index (χ0) is 10.8. The van der Waals surface area contributed by atoms with Crippen LogP contribution in [0, 0.1) is 28.6 Å². The summed E-state index contributed by atoms with van der Waals surface area (Å²) >= 11 is 0. The van der Waals surface area contributed by atoms with Gasteiger partial charge in [0.05, 0.1) is 0 Å². The Bertz CT molecular complexity index is 312. The van der Waals surface area contributed by atoms with Crippen molar-refractivity contribution in [3.8, 4) is 0 Å². The van der Waals surface area contributed by atoms with Crippen molar-refractivity contribution in [1.29, 1.82) is 0 Å². The monoisotopic (exact) mass is 204 g/mol. The average molecular weight is 204 g/mol. The lowest BCUT2D eigenvalue weighted by Gasteiger charge is -2.42. The van der Waals surface area contributed by atoms with E-state index in [1.807, 2.05) is 0 Å². The van der Waals surface area contributed by atoms with Gasteiger partial charge < -0.3 is 0 Å². The van der Waals surface area contributed by atoms with Crippen LogP contribution in [0.2, 0.25) is 0 Å². The Morgan fingerprint density at radius 1 is 1.13 bits per heavy atom. The molecule has 84 valence electrons. The van der Waals surface area contributed by atoms with Gasteiger partial charge in [-0.25, -0.2) is 0 Å². The molecule has 0 saturated heterocycles. The van der Waals surface area contributed by atoms with Crippen molar-refractivity contribution in [2.24, 2.45) is 28.6 Å². The largest absolute Gasteiger partial charge is 0.0993 e. The highest BCUT2D eigenvalue weighted by molar-refractivity contribution is 5.27. The second kappa shape index (κ2) is 2.70. The highest BCUT2D eigenvalue weighted by Crippen LogP contribution is 2.72. The maximum atomic E-state index is 4.42. The van der Waals surface area contributed by atoms with Gasteiger partial charge in [0, 0.05) is 0 Å². The highest BCUT2D eigenvalue weighted by atomic mass is 14.7. The fraction of sp³-hybridized carbons (Fsp3) is 0.867. The molecule has 15 heavy (non-hydrogen) atoms. The number of hydrogen-bond acceptors (Lipinski definition) is 0. The second-order valence-corrected chi connectivity index (χ2v) is 7.04. The molecule has 3 aliphatic carbocycles. The van der Waals surface area contributed by atoms with Crippen molar-refractivity contribution in [3.63, 3.8) is 0 Å². The van der Waals surface area contributed by atoms with Crippen LogP contribution in [0.4, 0.5) is 0 Å². The van der Waals surface area contributed by atoms with Crippen LogP contribution in [0.3, 0.4) is 0 Å². The third-order valence-corrected chi connectivity index (χ3v) is 6.10. The maximum Gasteiger partial charge on any atom is -0.00288 e. The van der Waals surface area contributed by atoms with E-state index in [9.17, 15) is 0 Å². The summed E-state index contributed by atoms with van der Waals surface area (Å²) in [5.41, 5.74) is 2.75. The van der Waals surface area contributed by atoms with E-state index in [2.05, 4.69) is 27.4 Å². The molecule has 2 bridgehead atoms. The van der Waals surface area contributed by atoms with Gasteiger partial charge in [0.2, 0.25) is 0 Å². The van der Waals surface area contributed by atoms with Crippen LogP contribution in [0.1, 0.15) is 52.9 Å². The molecule has 0 radical (unpaired) electrons. The van der Waals surface area contributed by atoms with Crippen molar-refractivity contribution in [3.05, 3.63) is 12.2 Å². The Morgan fingerprint density at radius 3 is 2.53 bits per heavy atom. The minimum Gasteiger partial charge on any atom is -0.0993 e. The lowest BCUT2D eigenvalue weighted by atomic mass is 9.62. The predicted octanol–water partition coefficient (Wildman–Crippen LogP) is 4.42. The maximum absolute atomic E-state index is 4.42. The van der Waals surface area contributed by atoms with Crippen molar-refractivity contribution >= 4 is 0 Å². The first kappa shape index (κ1) is 9.93. The SMILES string of the molecule is C=C1CC[C@@H]2[C@H]3CC[C@@H](C)[C@@]12CC3(C)C. The molecule has 0 aromatic carbocycles. The third-order valence-electron chi connectivity index (χ3n) is 6.10. The Morgan fingerprint density at radius 2 is 1.87 bits per heavy atom. The van der Waals surface area contributed by atoms with Gasteiger partial charge in [-0.15, -0.1) is 0 Å². The normalized spacial score (nSPS) is 51.9. The Balaban J connectivity index is 2.11. The van der Waals surface area contributed by atoms with E-state index in [-0.39, 0.29) is 0 Å². The van der Waals surface area contributed by atoms with Crippen LogP contribution < -0.4 is 0 Å². The number of rotatable bonds is 0. The molecule has 4 atom stereocenters. The van der Waals surface area contributed by atoms with Crippen LogP contribution in [0.5, 0.6) is 0 Å². The summed E-state index contributed by atoms with van der Waals surface area (Å²) in [4.78, 5) is 0. The van der Waals surface area contributed by atoms with E-state index < -0.39 is 0 Å². The molecule has 0 heteroatoms. The number of hydrogen-bond donors (Lipinski definition) is 0. The van der Waals surface area contributed by atoms with Crippen LogP contribution in [-0.2, 0) is 0 Å². The minimum absolute atomic E-state index is 0.562. The molecule has 3 fully saturated rings. The van der Waals surface area contributed by atoms with Crippen LogP contribution >= 0.6 is 0 Å². The minimum atomic E-state index is 0.562. The molecule has 0 unspecified atom stereocenters. The molecule has 3 saturated carbocycles. The van der Waals surface area contributed by atoms with Crippen molar-refractivity contribution in [2.75, 3.05) is 0 Å². The van der Waals surface area contributed by atoms with Gasteiger partial charge in [-0.3, -0.25) is 0 Å². The summed E-state index contributed by atoms with van der Waals surface area (Å²) in [7, 11) is 0. The molecule has 0 aromatic rings. The van der Waals surface area contributed by atoms with Gasteiger partial charge in [0.25, 0.3) is 0 Å². The number of allylic oxidation sites excluding steroid dienone is 1. The third kappa shape index (κ3) is 0.990. The molecule has 3 rings (SSSR count). The molecular formula is C15H24. The summed E-state index contributed by atoms with van der Waals surface area (Å²) in [5.74, 6) is 2.88. The lowest BCUT2D eigenvalue weighted by Crippen LogP contribution is -2.35. The summed E-state index contributed by atoms with van der Waals surface area (Å²) in [5, 5.41) is 0. The predicted molar refractivity (Wildman–Crippen MR) is 64.6 cm³/mol. The van der Waals surface area contributed by atoms with E-state index in [1.54, 1.807) is 5.57 Å². The van der Waals surface area contributed by atoms with Gasteiger partial charge >= 0.3 is 0 Å². The standard InChI is InChI=1S/C15H24/c1-10-5-7-12-13-8-6-11(2)15(10,13)9-14(12,3)4/h10,12-13H,2,5-9H2,1,3-4H3/t10-,12-,13-,15+/m1/s1. The Labute approximate surface area is 94.1 Å². The topological polar surface area (TPSA) is 0 Å². The van der Waals surface area contributed by atoms with Crippen molar-refractivity contribution < 1.29 is 0 Å². The fourth-order valence-corrected chi connectivity index (χ4v) is 5.50. The Hall–Kier alpha value is -0.260. The molecule has 0 amide bonds. The molecule has 0 nitrogen and oxygen atoms in total. The van der Waals surface area contributed by atoms with Crippen molar-refractivity contribution in [2.45, 2.75) is 52.9 Å². The molecule has 3 aliphatic rings. The summed E-state index contributed by atoms with van der Waals surface area (Å²) < 4.78 is 0. The zero-order valence-electron chi connectivity index (χ0n) is 10.5. The van der Waals surface area contributed by atoms with E-state index in [0.29, 0.717) is 10.8 Å². The quantitative estimate of drug-likeness (QED) is 0.513. The van der Waals surface area contributed by atoms with Gasteiger partial charge in [0.1, 0.15) is 0 Å². The van der Waals surface area contributed by atoms with Crippen LogP contribution in [-0.4, -0.2) is 0 Å². The van der Waals surface area contributed by atoms with Gasteiger partial charge in [-0.05, 0) is 60.7 Å². The van der Waals surface area contributed by atoms with Crippen LogP contribution in [0.15, 0.2) is 12.2 Å². The summed E-state index contributed by atoms with van der Waals surface area (Å²) in [6, 6.07) is 0. The molecule has 0 heterocycles. The Kier molecular flexibility index (Phi) is 1.79. The van der Waals surface area contributed by atoms with Gasteiger partial charge in [-0.1, -0.05) is 32.9 Å². The fourth-order valence-electron chi connectivity index (χ4n) is 5.50. The molecule has 0 aliphatic heterocycles. The van der Waals surface area contributed by atoms with Gasteiger partial charge in [0.15, 0.2) is 0 Å². The van der Waals surface area contributed by atoms with E-state index >= 15 is 0 Å². The molecule has 0 spiro atoms. The first-order valence-electron chi connectivity index (χ1n) is 6.67. The van der Waals surface area contributed by atoms with E-state index in [0.717, 1.165) is 17.8 Å². The first-order valence-corrected chi connectivity index (χ1v) is 6.67. The van der Waals surface area contributed by atoms with Crippen LogP contribution in [0.25, 0.3) is 0 Å². The zero-order valence-corrected chi connectivity index (χ0v) is 10.5. The highest BCUT2D eigenvalue weighted by Gasteiger charge is 2.63. The van der Waals surface area contributed by atoms with Crippen molar-refractivity contribution in [1.82, 2.24) is 0 Å². The molecule has 0 N–H and O–H groups in total. The summed E-state index contributed by atoms with van der Waals surface area (Å²) in [6.45, 7) is 11.9. The second-order valence-electron chi connectivity index (χ2n) is 7.04. The molecular weight excluding hydrogens is 180 g/mol. The van der Waals surface area contributed by atoms with E-state index in [1.165, 1.54) is 32.1 Å². The first-order chi connectivity index (χ1) is 6.98.